The van der Waals surface area contributed by atoms with Crippen LogP contribution >= 0.6 is 0 Å². The Morgan fingerprint density at radius 2 is 2.26 bits per heavy atom. The lowest BCUT2D eigenvalue weighted by molar-refractivity contribution is -0.144. The van der Waals surface area contributed by atoms with Crippen LogP contribution in [0.1, 0.15) is 34.5 Å². The molecule has 0 unspecified atom stereocenters. The van der Waals surface area contributed by atoms with E-state index < -0.39 is 17.9 Å². The third-order valence-electron chi connectivity index (χ3n) is 3.36. The smallest absolute Gasteiger partial charge is 0.453 e. The third-order valence-corrected chi connectivity index (χ3v) is 3.36. The first kappa shape index (κ1) is 15.3. The number of hydrogen-bond acceptors (Lipinski definition) is 4. The van der Waals surface area contributed by atoms with Crippen molar-refractivity contribution in [3.8, 4) is 5.75 Å². The van der Waals surface area contributed by atoms with Gasteiger partial charge in [0.25, 0.3) is 11.7 Å². The number of carbonyl (C=O) groups is 1. The van der Waals surface area contributed by atoms with E-state index in [9.17, 15) is 18.0 Å². The summed E-state index contributed by atoms with van der Waals surface area (Å²) >= 11 is 0. The highest BCUT2D eigenvalue weighted by atomic mass is 19.4. The molecule has 2 heterocycles. The van der Waals surface area contributed by atoms with Gasteiger partial charge in [-0.1, -0.05) is 0 Å². The monoisotopic (exact) mass is 326 g/mol. The van der Waals surface area contributed by atoms with Gasteiger partial charge in [-0.25, -0.2) is 4.98 Å². The van der Waals surface area contributed by atoms with Gasteiger partial charge >= 0.3 is 6.18 Å². The molecule has 1 atom stereocenters. The maximum Gasteiger partial charge on any atom is 0.453 e. The number of rotatable bonds is 3. The van der Waals surface area contributed by atoms with Gasteiger partial charge in [0.2, 0.25) is 0 Å². The average molecular weight is 326 g/mol. The number of amides is 1. The summed E-state index contributed by atoms with van der Waals surface area (Å²) < 4.78 is 42.7. The number of nitrogens with one attached hydrogen (secondary N) is 2. The molecule has 2 N–H and O–H groups in total. The summed E-state index contributed by atoms with van der Waals surface area (Å²) in [6, 6.07) is 5.04. The van der Waals surface area contributed by atoms with Gasteiger partial charge in [-0.3, -0.25) is 9.89 Å². The lowest BCUT2D eigenvalue weighted by Crippen LogP contribution is -2.23. The molecule has 3 rings (SSSR count). The number of H-pyrrole nitrogens is 1. The van der Waals surface area contributed by atoms with Crippen LogP contribution in [0.25, 0.3) is 0 Å². The number of nitrogens with zero attached hydrogens (tertiary/aromatic N) is 2. The van der Waals surface area contributed by atoms with Gasteiger partial charge in [0.15, 0.2) is 0 Å². The molecule has 0 saturated heterocycles. The average Bonchev–Trinajstić information content (AvgIpc) is 3.08. The molecular weight excluding hydrogens is 313 g/mol. The van der Waals surface area contributed by atoms with Gasteiger partial charge < -0.3 is 10.1 Å². The molecule has 122 valence electrons. The molecule has 0 aliphatic carbocycles. The molecule has 0 bridgehead atoms. The molecular formula is C14H13F3N4O2. The second-order valence-electron chi connectivity index (χ2n) is 5.24. The van der Waals surface area contributed by atoms with Crippen molar-refractivity contribution in [2.45, 2.75) is 32.2 Å². The fourth-order valence-electron chi connectivity index (χ4n) is 2.33. The molecule has 1 aromatic carbocycles. The van der Waals surface area contributed by atoms with Gasteiger partial charge in [-0.2, -0.15) is 13.2 Å². The highest BCUT2D eigenvalue weighted by Crippen LogP contribution is 2.29. The van der Waals surface area contributed by atoms with Crippen LogP contribution in [0, 0.1) is 0 Å². The minimum atomic E-state index is -4.62. The molecule has 23 heavy (non-hydrogen) atoms. The van der Waals surface area contributed by atoms with Crippen LogP contribution in [0.3, 0.4) is 0 Å². The van der Waals surface area contributed by atoms with E-state index in [1.807, 2.05) is 6.92 Å². The zero-order chi connectivity index (χ0) is 16.6. The summed E-state index contributed by atoms with van der Waals surface area (Å²) in [5.41, 5.74) is 1.35. The zero-order valence-corrected chi connectivity index (χ0v) is 12.1. The van der Waals surface area contributed by atoms with E-state index in [0.29, 0.717) is 12.0 Å². The van der Waals surface area contributed by atoms with Crippen LogP contribution in [-0.4, -0.2) is 27.2 Å². The van der Waals surface area contributed by atoms with Crippen molar-refractivity contribution in [3.63, 3.8) is 0 Å². The van der Waals surface area contributed by atoms with Crippen LogP contribution in [0.15, 0.2) is 18.2 Å². The summed E-state index contributed by atoms with van der Waals surface area (Å²) in [5.74, 6) is -0.981. The minimum absolute atomic E-state index is 0.0659. The number of benzene rings is 1. The summed E-state index contributed by atoms with van der Waals surface area (Å²) in [6.45, 7) is 1.76. The number of alkyl halides is 3. The lowest BCUT2D eigenvalue weighted by Gasteiger charge is -2.05. The van der Waals surface area contributed by atoms with Crippen molar-refractivity contribution >= 4 is 5.91 Å². The topological polar surface area (TPSA) is 79.9 Å². The van der Waals surface area contributed by atoms with E-state index in [-0.39, 0.29) is 18.5 Å². The first-order chi connectivity index (χ1) is 10.8. The largest absolute Gasteiger partial charge is 0.490 e. The SMILES string of the molecule is C[C@H]1Cc2cc(C(=O)NCc3nc(C(F)(F)F)n[nH]3)ccc2O1. The molecule has 0 spiro atoms. The zero-order valence-electron chi connectivity index (χ0n) is 12.1. The van der Waals surface area contributed by atoms with Crippen LogP contribution in [0.2, 0.25) is 0 Å². The van der Waals surface area contributed by atoms with Crippen molar-refractivity contribution in [2.75, 3.05) is 0 Å². The number of aromatic nitrogens is 3. The normalized spacial score (nSPS) is 16.8. The van der Waals surface area contributed by atoms with Crippen molar-refractivity contribution < 1.29 is 22.7 Å². The highest BCUT2D eigenvalue weighted by Gasteiger charge is 2.36. The Morgan fingerprint density at radius 1 is 1.48 bits per heavy atom. The quantitative estimate of drug-likeness (QED) is 0.905. The molecule has 1 aliphatic heterocycles. The number of aromatic amines is 1. The molecule has 1 aliphatic rings. The maximum absolute atomic E-state index is 12.4. The van der Waals surface area contributed by atoms with Crippen LogP contribution in [0.5, 0.6) is 5.75 Å². The Kier molecular flexibility index (Phi) is 3.70. The molecule has 0 radical (unpaired) electrons. The molecule has 6 nitrogen and oxygen atoms in total. The molecule has 0 saturated carbocycles. The van der Waals surface area contributed by atoms with Crippen molar-refractivity contribution in [1.29, 1.82) is 0 Å². The first-order valence-electron chi connectivity index (χ1n) is 6.89. The number of ether oxygens (including phenoxy) is 1. The molecule has 2 aromatic rings. The maximum atomic E-state index is 12.4. The van der Waals surface area contributed by atoms with E-state index in [0.717, 1.165) is 11.3 Å². The summed E-state index contributed by atoms with van der Waals surface area (Å²) in [6.07, 6.45) is -3.83. The van der Waals surface area contributed by atoms with E-state index in [1.165, 1.54) is 0 Å². The van der Waals surface area contributed by atoms with Gasteiger partial charge in [0.1, 0.15) is 17.7 Å². The van der Waals surface area contributed by atoms with E-state index in [2.05, 4.69) is 20.5 Å². The van der Waals surface area contributed by atoms with E-state index in [4.69, 9.17) is 4.74 Å². The first-order valence-corrected chi connectivity index (χ1v) is 6.89. The van der Waals surface area contributed by atoms with E-state index >= 15 is 0 Å². The van der Waals surface area contributed by atoms with Crippen LogP contribution in [-0.2, 0) is 19.1 Å². The summed E-state index contributed by atoms with van der Waals surface area (Å²) in [7, 11) is 0. The fraction of sp³-hybridized carbons (Fsp3) is 0.357. The summed E-state index contributed by atoms with van der Waals surface area (Å²) in [4.78, 5) is 15.4. The predicted octanol–water partition coefficient (Wildman–Crippen LogP) is 2.08. The van der Waals surface area contributed by atoms with Gasteiger partial charge in [-0.05, 0) is 30.7 Å². The van der Waals surface area contributed by atoms with Gasteiger partial charge in [0, 0.05) is 12.0 Å². The standard InChI is InChI=1S/C14H13F3N4O2/c1-7-4-9-5-8(2-3-10(9)23-7)12(22)18-6-11-19-13(21-20-11)14(15,16)17/h2-3,5,7H,4,6H2,1H3,(H,18,22)(H,19,20,21)/t7-/m0/s1. The summed E-state index contributed by atoms with van der Waals surface area (Å²) in [5, 5.41) is 7.72. The lowest BCUT2D eigenvalue weighted by atomic mass is 10.1. The molecule has 1 aromatic heterocycles. The number of carbonyl (C=O) groups excluding carboxylic acids is 1. The fourth-order valence-corrected chi connectivity index (χ4v) is 2.33. The minimum Gasteiger partial charge on any atom is -0.490 e. The van der Waals surface area contributed by atoms with Gasteiger partial charge in [-0.15, -0.1) is 5.10 Å². The van der Waals surface area contributed by atoms with Crippen molar-refractivity contribution in [2.24, 2.45) is 0 Å². The Balaban J connectivity index is 1.64. The highest BCUT2D eigenvalue weighted by molar-refractivity contribution is 5.94. The predicted molar refractivity (Wildman–Crippen MR) is 72.8 cm³/mol. The van der Waals surface area contributed by atoms with Crippen LogP contribution < -0.4 is 10.1 Å². The Morgan fingerprint density at radius 3 is 2.96 bits per heavy atom. The van der Waals surface area contributed by atoms with Crippen molar-refractivity contribution in [3.05, 3.63) is 41.0 Å². The number of hydrogen-bond donors (Lipinski definition) is 2. The third kappa shape index (κ3) is 3.27. The van der Waals surface area contributed by atoms with Crippen LogP contribution in [0.4, 0.5) is 13.2 Å². The molecule has 9 heteroatoms. The number of halogens is 3. The number of fused-ring (bicyclic) bond motifs is 1. The Labute approximate surface area is 129 Å². The second-order valence-corrected chi connectivity index (χ2v) is 5.24. The molecule has 1 amide bonds. The van der Waals surface area contributed by atoms with Gasteiger partial charge in [0.05, 0.1) is 6.54 Å². The Hall–Kier alpha value is -2.58. The van der Waals surface area contributed by atoms with E-state index in [1.54, 1.807) is 18.2 Å². The second kappa shape index (κ2) is 5.56. The van der Waals surface area contributed by atoms with Crippen molar-refractivity contribution in [1.82, 2.24) is 20.5 Å². The molecule has 0 fully saturated rings. The Bertz CT molecular complexity index is 742.